The molecule has 8 nitrogen and oxygen atoms in total. The van der Waals surface area contributed by atoms with Crippen LogP contribution in [0.2, 0.25) is 5.02 Å². The smallest absolute Gasteiger partial charge is 0.353 e. The number of nitrogens with zero attached hydrogens (tertiary/aromatic N) is 2. The van der Waals surface area contributed by atoms with Crippen LogP contribution in [0, 0.1) is 11.3 Å². The third-order valence-corrected chi connectivity index (χ3v) is 4.24. The standard InChI is InChI=1S/C11H7ClN4O4S/c12-7-3-6(5-13)1-2-9(7)21(19,20)16-10-4-8(11(17)18)14-15-10/h1-4H,(H,17,18)(H2,14,15,16). The number of aromatic nitrogens is 2. The van der Waals surface area contributed by atoms with Crippen molar-refractivity contribution in [2.75, 3.05) is 4.72 Å². The predicted octanol–water partition coefficient (Wildman–Crippen LogP) is 1.43. The number of aromatic amines is 1. The quantitative estimate of drug-likeness (QED) is 0.777. The lowest BCUT2D eigenvalue weighted by Gasteiger charge is -2.07. The highest BCUT2D eigenvalue weighted by Gasteiger charge is 2.20. The molecule has 0 saturated heterocycles. The van der Waals surface area contributed by atoms with Crippen LogP contribution in [-0.2, 0) is 10.0 Å². The van der Waals surface area contributed by atoms with Gasteiger partial charge in [-0.3, -0.25) is 9.82 Å². The first-order valence-corrected chi connectivity index (χ1v) is 7.21. The van der Waals surface area contributed by atoms with Crippen LogP contribution in [0.3, 0.4) is 0 Å². The Labute approximate surface area is 124 Å². The molecule has 1 heterocycles. The second-order valence-corrected chi connectivity index (χ2v) is 5.89. The van der Waals surface area contributed by atoms with Crippen LogP contribution in [0.5, 0.6) is 0 Å². The van der Waals surface area contributed by atoms with Gasteiger partial charge in [0.2, 0.25) is 0 Å². The number of hydrogen-bond donors (Lipinski definition) is 3. The number of H-pyrrole nitrogens is 1. The van der Waals surface area contributed by atoms with E-state index in [0.29, 0.717) is 0 Å². The normalized spacial score (nSPS) is 10.9. The van der Waals surface area contributed by atoms with Gasteiger partial charge in [0.1, 0.15) is 10.6 Å². The maximum absolute atomic E-state index is 12.1. The molecule has 0 atom stereocenters. The van der Waals surface area contributed by atoms with Crippen molar-refractivity contribution < 1.29 is 18.3 Å². The maximum Gasteiger partial charge on any atom is 0.353 e. The van der Waals surface area contributed by atoms with Crippen LogP contribution in [0.15, 0.2) is 29.2 Å². The molecule has 0 bridgehead atoms. The molecule has 0 spiro atoms. The first kappa shape index (κ1) is 14.8. The molecule has 21 heavy (non-hydrogen) atoms. The molecular weight excluding hydrogens is 320 g/mol. The molecule has 0 aliphatic rings. The third kappa shape index (κ3) is 3.13. The number of hydrogen-bond acceptors (Lipinski definition) is 5. The Hall–Kier alpha value is -2.57. The van der Waals surface area contributed by atoms with Crippen molar-refractivity contribution in [2.45, 2.75) is 4.90 Å². The number of halogens is 1. The molecule has 0 aliphatic heterocycles. The molecule has 0 amide bonds. The van der Waals surface area contributed by atoms with Crippen LogP contribution in [0.25, 0.3) is 0 Å². The largest absolute Gasteiger partial charge is 0.477 e. The zero-order chi connectivity index (χ0) is 15.6. The van der Waals surface area contributed by atoms with Gasteiger partial charge in [-0.2, -0.15) is 10.4 Å². The zero-order valence-electron chi connectivity index (χ0n) is 10.2. The molecule has 1 aromatic carbocycles. The van der Waals surface area contributed by atoms with Crippen molar-refractivity contribution in [3.05, 3.63) is 40.5 Å². The average Bonchev–Trinajstić information content (AvgIpc) is 2.86. The number of aromatic carboxylic acids is 1. The molecule has 0 aliphatic carbocycles. The zero-order valence-corrected chi connectivity index (χ0v) is 11.7. The fraction of sp³-hybridized carbons (Fsp3) is 0. The number of nitrogens with one attached hydrogen (secondary N) is 2. The van der Waals surface area contributed by atoms with Crippen LogP contribution in [0.4, 0.5) is 5.82 Å². The van der Waals surface area contributed by atoms with E-state index in [2.05, 4.69) is 14.9 Å². The second kappa shape index (κ2) is 5.43. The van der Waals surface area contributed by atoms with E-state index in [9.17, 15) is 13.2 Å². The van der Waals surface area contributed by atoms with E-state index in [1.54, 1.807) is 0 Å². The molecule has 2 rings (SSSR count). The summed E-state index contributed by atoms with van der Waals surface area (Å²) in [6.07, 6.45) is 0. The molecule has 10 heteroatoms. The van der Waals surface area contributed by atoms with Gasteiger partial charge in [-0.15, -0.1) is 0 Å². The lowest BCUT2D eigenvalue weighted by molar-refractivity contribution is 0.0690. The van der Waals surface area contributed by atoms with E-state index in [1.807, 2.05) is 6.07 Å². The number of carbonyl (C=O) groups is 1. The maximum atomic E-state index is 12.1. The summed E-state index contributed by atoms with van der Waals surface area (Å²) in [5.74, 6) is -1.46. The molecule has 0 radical (unpaired) electrons. The highest BCUT2D eigenvalue weighted by molar-refractivity contribution is 7.92. The summed E-state index contributed by atoms with van der Waals surface area (Å²) in [4.78, 5) is 10.4. The SMILES string of the molecule is N#Cc1ccc(S(=O)(=O)Nc2cc(C(=O)O)[nH]n2)c(Cl)c1. The Morgan fingerprint density at radius 2 is 2.14 bits per heavy atom. The van der Waals surface area contributed by atoms with Crippen molar-refractivity contribution in [3.63, 3.8) is 0 Å². The van der Waals surface area contributed by atoms with Gasteiger partial charge in [0.15, 0.2) is 5.82 Å². The first-order valence-electron chi connectivity index (χ1n) is 5.34. The molecule has 0 saturated carbocycles. The summed E-state index contributed by atoms with van der Waals surface area (Å²) >= 11 is 5.82. The van der Waals surface area contributed by atoms with Gasteiger partial charge in [0.05, 0.1) is 16.7 Å². The van der Waals surface area contributed by atoms with Crippen molar-refractivity contribution in [2.24, 2.45) is 0 Å². The molecule has 0 unspecified atom stereocenters. The average molecular weight is 327 g/mol. The number of anilines is 1. The first-order chi connectivity index (χ1) is 9.83. The van der Waals surface area contributed by atoms with Gasteiger partial charge in [0, 0.05) is 6.07 Å². The van der Waals surface area contributed by atoms with E-state index < -0.39 is 16.0 Å². The van der Waals surface area contributed by atoms with E-state index in [4.69, 9.17) is 22.0 Å². The van der Waals surface area contributed by atoms with Gasteiger partial charge in [-0.05, 0) is 18.2 Å². The summed E-state index contributed by atoms with van der Waals surface area (Å²) in [5, 5.41) is 23.0. The van der Waals surface area contributed by atoms with Crippen molar-refractivity contribution in [3.8, 4) is 6.07 Å². The molecule has 3 N–H and O–H groups in total. The van der Waals surface area contributed by atoms with E-state index >= 15 is 0 Å². The van der Waals surface area contributed by atoms with Crippen molar-refractivity contribution >= 4 is 33.4 Å². The topological polar surface area (TPSA) is 136 Å². The summed E-state index contributed by atoms with van der Waals surface area (Å²) < 4.78 is 26.3. The Morgan fingerprint density at radius 1 is 1.43 bits per heavy atom. The van der Waals surface area contributed by atoms with E-state index in [0.717, 1.165) is 6.07 Å². The Balaban J connectivity index is 2.34. The number of benzene rings is 1. The van der Waals surface area contributed by atoms with Gasteiger partial charge in [-0.25, -0.2) is 13.2 Å². The summed E-state index contributed by atoms with van der Waals surface area (Å²) in [6, 6.07) is 6.54. The fourth-order valence-electron chi connectivity index (χ4n) is 1.46. The number of carboxylic acid groups (broad SMARTS) is 1. The second-order valence-electron chi connectivity index (χ2n) is 3.83. The minimum absolute atomic E-state index is 0.129. The van der Waals surface area contributed by atoms with Gasteiger partial charge < -0.3 is 5.11 Å². The summed E-state index contributed by atoms with van der Waals surface area (Å²) in [7, 11) is -4.05. The number of sulfonamides is 1. The lowest BCUT2D eigenvalue weighted by Crippen LogP contribution is -2.13. The highest BCUT2D eigenvalue weighted by atomic mass is 35.5. The van der Waals surface area contributed by atoms with Gasteiger partial charge >= 0.3 is 5.97 Å². The Bertz CT molecular complexity index is 853. The Kier molecular flexibility index (Phi) is 3.84. The number of nitriles is 1. The van der Waals surface area contributed by atoms with Gasteiger partial charge in [-0.1, -0.05) is 11.6 Å². The fourth-order valence-corrected chi connectivity index (χ4v) is 3.00. The minimum atomic E-state index is -4.05. The molecule has 108 valence electrons. The van der Waals surface area contributed by atoms with Crippen LogP contribution in [-0.4, -0.2) is 29.7 Å². The number of carboxylic acids is 1. The van der Waals surface area contributed by atoms with Crippen LogP contribution >= 0.6 is 11.6 Å². The van der Waals surface area contributed by atoms with E-state index in [1.165, 1.54) is 18.2 Å². The molecule has 1 aromatic heterocycles. The molecular formula is C11H7ClN4O4S. The molecule has 0 fully saturated rings. The summed E-state index contributed by atoms with van der Waals surface area (Å²) in [5.41, 5.74) is -0.0505. The Morgan fingerprint density at radius 3 is 2.67 bits per heavy atom. The monoisotopic (exact) mass is 326 g/mol. The van der Waals surface area contributed by atoms with Crippen LogP contribution < -0.4 is 4.72 Å². The highest BCUT2D eigenvalue weighted by Crippen LogP contribution is 2.24. The van der Waals surface area contributed by atoms with Crippen molar-refractivity contribution in [1.82, 2.24) is 10.2 Å². The minimum Gasteiger partial charge on any atom is -0.477 e. The van der Waals surface area contributed by atoms with E-state index in [-0.39, 0.29) is 27.0 Å². The lowest BCUT2D eigenvalue weighted by atomic mass is 10.2. The predicted molar refractivity (Wildman–Crippen MR) is 72.5 cm³/mol. The molecule has 2 aromatic rings. The van der Waals surface area contributed by atoms with Gasteiger partial charge in [0.25, 0.3) is 10.0 Å². The number of rotatable bonds is 4. The summed E-state index contributed by atoms with van der Waals surface area (Å²) in [6.45, 7) is 0. The van der Waals surface area contributed by atoms with Crippen LogP contribution in [0.1, 0.15) is 16.1 Å². The van der Waals surface area contributed by atoms with Crippen molar-refractivity contribution in [1.29, 1.82) is 5.26 Å². The third-order valence-electron chi connectivity index (χ3n) is 2.40.